The molecule has 2 N–H and O–H groups in total. The molecule has 1 aliphatic rings. The van der Waals surface area contributed by atoms with Crippen LogP contribution >= 0.6 is 11.6 Å². The Morgan fingerprint density at radius 3 is 2.18 bits per heavy atom. The number of allylic oxidation sites excluding steroid dienone is 4. The Hall–Kier alpha value is -3.52. The number of rotatable bonds is 2. The molecule has 2 aromatic rings. The van der Waals surface area contributed by atoms with Crippen molar-refractivity contribution in [3.8, 4) is 18.2 Å². The highest BCUT2D eigenvalue weighted by atomic mass is 35.5. The molecule has 2 aromatic carbocycles. The number of nitrogens with two attached hydrogens (primary N) is 1. The molecule has 136 valence electrons. The van der Waals surface area contributed by atoms with Gasteiger partial charge in [-0.2, -0.15) is 15.8 Å². The van der Waals surface area contributed by atoms with E-state index in [9.17, 15) is 15.8 Å². The van der Waals surface area contributed by atoms with Crippen LogP contribution < -0.4 is 5.73 Å². The predicted octanol–water partition coefficient (Wildman–Crippen LogP) is 4.99. The highest BCUT2D eigenvalue weighted by molar-refractivity contribution is 6.30. The summed E-state index contributed by atoms with van der Waals surface area (Å²) >= 11 is 6.16. The third-order valence-electron chi connectivity index (χ3n) is 5.19. The minimum absolute atomic E-state index is 0.0221. The average molecular weight is 385 g/mol. The summed E-state index contributed by atoms with van der Waals surface area (Å²) in [5.74, 6) is -0.603. The summed E-state index contributed by atoms with van der Waals surface area (Å²) in [5.41, 5.74) is 8.73. The normalized spacial score (nSPS) is 18.2. The van der Waals surface area contributed by atoms with Crippen LogP contribution in [0, 0.1) is 46.3 Å². The summed E-state index contributed by atoms with van der Waals surface area (Å²) in [6.07, 6.45) is 0. The first-order chi connectivity index (χ1) is 13.4. The van der Waals surface area contributed by atoms with Gasteiger partial charge in [-0.15, -0.1) is 0 Å². The fraction of sp³-hybridized carbons (Fsp3) is 0.174. The van der Waals surface area contributed by atoms with Crippen molar-refractivity contribution in [2.45, 2.75) is 19.8 Å². The summed E-state index contributed by atoms with van der Waals surface area (Å²) in [4.78, 5) is 0. The monoisotopic (exact) mass is 384 g/mol. The summed E-state index contributed by atoms with van der Waals surface area (Å²) in [6, 6.07) is 21.1. The van der Waals surface area contributed by atoms with E-state index >= 15 is 0 Å². The van der Waals surface area contributed by atoms with Gasteiger partial charge in [-0.3, -0.25) is 0 Å². The van der Waals surface area contributed by atoms with Gasteiger partial charge < -0.3 is 5.73 Å². The van der Waals surface area contributed by atoms with Crippen molar-refractivity contribution in [3.63, 3.8) is 0 Å². The van der Waals surface area contributed by atoms with Gasteiger partial charge in [0.15, 0.2) is 5.41 Å². The van der Waals surface area contributed by atoms with Gasteiger partial charge >= 0.3 is 0 Å². The summed E-state index contributed by atoms with van der Waals surface area (Å²) in [7, 11) is 0. The SMILES string of the molecule is CC1=C(c2cccc(Cl)c2)C(C#N)=C(N)C(C#N)(C#N)C1c1ccc(C)cc1. The Kier molecular flexibility index (Phi) is 4.98. The smallest absolute Gasteiger partial charge is 0.194 e. The van der Waals surface area contributed by atoms with E-state index in [1.807, 2.05) is 44.2 Å². The van der Waals surface area contributed by atoms with Crippen molar-refractivity contribution in [1.29, 1.82) is 15.8 Å². The molecule has 5 heteroatoms. The highest BCUT2D eigenvalue weighted by Crippen LogP contribution is 2.52. The van der Waals surface area contributed by atoms with E-state index in [0.29, 0.717) is 10.6 Å². The Morgan fingerprint density at radius 1 is 1.00 bits per heavy atom. The molecule has 1 atom stereocenters. The fourth-order valence-corrected chi connectivity index (χ4v) is 4.01. The summed E-state index contributed by atoms with van der Waals surface area (Å²) in [5, 5.41) is 30.3. The van der Waals surface area contributed by atoms with Crippen LogP contribution in [0.2, 0.25) is 5.02 Å². The second-order valence-corrected chi connectivity index (χ2v) is 7.28. The number of benzene rings is 2. The molecular formula is C23H17ClN4. The van der Waals surface area contributed by atoms with Crippen LogP contribution in [0.1, 0.15) is 29.5 Å². The number of nitrogens with zero attached hydrogens (tertiary/aromatic N) is 3. The van der Waals surface area contributed by atoms with E-state index in [0.717, 1.165) is 22.3 Å². The maximum atomic E-state index is 9.99. The maximum Gasteiger partial charge on any atom is 0.194 e. The lowest BCUT2D eigenvalue weighted by Gasteiger charge is -2.37. The quantitative estimate of drug-likeness (QED) is 0.788. The topological polar surface area (TPSA) is 97.4 Å². The first kappa shape index (κ1) is 19.2. The van der Waals surface area contributed by atoms with E-state index in [1.165, 1.54) is 0 Å². The standard InChI is InChI=1S/C23H17ClN4/c1-14-6-8-16(9-7-14)21-15(2)20(17-4-3-5-18(24)10-17)19(11-25)22(28)23(21,12-26)13-27/h3-10,21H,28H2,1-2H3. The molecule has 1 aliphatic carbocycles. The zero-order valence-corrected chi connectivity index (χ0v) is 16.2. The Balaban J connectivity index is 2.40. The lowest BCUT2D eigenvalue weighted by Crippen LogP contribution is -2.37. The van der Waals surface area contributed by atoms with E-state index in [4.69, 9.17) is 17.3 Å². The third kappa shape index (κ3) is 2.84. The van der Waals surface area contributed by atoms with E-state index < -0.39 is 11.3 Å². The van der Waals surface area contributed by atoms with Gasteiger partial charge in [0.1, 0.15) is 6.07 Å². The average Bonchev–Trinajstić information content (AvgIpc) is 2.70. The largest absolute Gasteiger partial charge is 0.399 e. The first-order valence-corrected chi connectivity index (χ1v) is 9.04. The second kappa shape index (κ2) is 7.24. The number of aryl methyl sites for hydroxylation is 1. The number of hydrogen-bond donors (Lipinski definition) is 1. The summed E-state index contributed by atoms with van der Waals surface area (Å²) in [6.45, 7) is 3.81. The van der Waals surface area contributed by atoms with Crippen LogP contribution in [0.4, 0.5) is 0 Å². The molecule has 0 aromatic heterocycles. The lowest BCUT2D eigenvalue weighted by atomic mass is 9.62. The zero-order chi connectivity index (χ0) is 20.5. The van der Waals surface area contributed by atoms with Crippen LogP contribution in [0.3, 0.4) is 0 Å². The molecule has 0 saturated carbocycles. The molecule has 0 amide bonds. The fourth-order valence-electron chi connectivity index (χ4n) is 3.82. The van der Waals surface area contributed by atoms with Crippen molar-refractivity contribution >= 4 is 17.2 Å². The van der Waals surface area contributed by atoms with E-state index in [2.05, 4.69) is 18.2 Å². The van der Waals surface area contributed by atoms with Gasteiger partial charge in [0.05, 0.1) is 23.4 Å². The van der Waals surface area contributed by atoms with Crippen LogP contribution in [0.25, 0.3) is 5.57 Å². The molecule has 28 heavy (non-hydrogen) atoms. The zero-order valence-electron chi connectivity index (χ0n) is 15.5. The van der Waals surface area contributed by atoms with Crippen LogP contribution in [-0.2, 0) is 0 Å². The van der Waals surface area contributed by atoms with Crippen LogP contribution in [0.5, 0.6) is 0 Å². The highest BCUT2D eigenvalue weighted by Gasteiger charge is 2.49. The van der Waals surface area contributed by atoms with Crippen molar-refractivity contribution in [3.05, 3.63) is 87.1 Å². The third-order valence-corrected chi connectivity index (χ3v) is 5.43. The number of hydrogen-bond acceptors (Lipinski definition) is 4. The van der Waals surface area contributed by atoms with Crippen molar-refractivity contribution < 1.29 is 0 Å². The van der Waals surface area contributed by atoms with Crippen LogP contribution in [-0.4, -0.2) is 0 Å². The van der Waals surface area contributed by atoms with E-state index in [-0.39, 0.29) is 11.3 Å². The van der Waals surface area contributed by atoms with E-state index in [1.54, 1.807) is 18.2 Å². The Bertz CT molecular complexity index is 1120. The molecule has 0 saturated heterocycles. The summed E-state index contributed by atoms with van der Waals surface area (Å²) < 4.78 is 0. The first-order valence-electron chi connectivity index (χ1n) is 8.66. The van der Waals surface area contributed by atoms with Crippen LogP contribution in [0.15, 0.2) is 65.4 Å². The number of halogens is 1. The van der Waals surface area contributed by atoms with Crippen molar-refractivity contribution in [2.75, 3.05) is 0 Å². The predicted molar refractivity (Wildman–Crippen MR) is 108 cm³/mol. The molecule has 0 fully saturated rings. The minimum atomic E-state index is -1.66. The van der Waals surface area contributed by atoms with Gasteiger partial charge in [0.2, 0.25) is 0 Å². The molecule has 0 radical (unpaired) electrons. The molecule has 0 bridgehead atoms. The Morgan fingerprint density at radius 2 is 1.64 bits per heavy atom. The number of nitriles is 3. The van der Waals surface area contributed by atoms with Gasteiger partial charge in [0, 0.05) is 16.5 Å². The lowest BCUT2D eigenvalue weighted by molar-refractivity contribution is 0.512. The second-order valence-electron chi connectivity index (χ2n) is 6.84. The molecule has 0 aliphatic heterocycles. The molecule has 0 spiro atoms. The molecule has 0 heterocycles. The van der Waals surface area contributed by atoms with Crippen molar-refractivity contribution in [2.24, 2.45) is 11.1 Å². The Labute approximate surface area is 169 Å². The molecule has 4 nitrogen and oxygen atoms in total. The molecular weight excluding hydrogens is 368 g/mol. The van der Waals surface area contributed by atoms with Gasteiger partial charge in [0.25, 0.3) is 0 Å². The molecule has 3 rings (SSSR count). The van der Waals surface area contributed by atoms with Gasteiger partial charge in [-0.25, -0.2) is 0 Å². The van der Waals surface area contributed by atoms with Gasteiger partial charge in [-0.05, 0) is 37.1 Å². The maximum absolute atomic E-state index is 9.99. The van der Waals surface area contributed by atoms with Gasteiger partial charge in [-0.1, -0.05) is 59.1 Å². The minimum Gasteiger partial charge on any atom is -0.399 e. The van der Waals surface area contributed by atoms with Crippen molar-refractivity contribution in [1.82, 2.24) is 0 Å². The molecule has 1 unspecified atom stereocenters.